The van der Waals surface area contributed by atoms with Crippen molar-refractivity contribution in [2.24, 2.45) is 0 Å². The number of aryl methyl sites for hydroxylation is 1. The van der Waals surface area contributed by atoms with Gasteiger partial charge in [0.2, 0.25) is 0 Å². The minimum absolute atomic E-state index is 0.458. The van der Waals surface area contributed by atoms with Gasteiger partial charge in [0.15, 0.2) is 5.82 Å². The minimum atomic E-state index is 0.458. The first-order chi connectivity index (χ1) is 9.65. The average molecular weight is 346 g/mol. The second-order valence-corrected chi connectivity index (χ2v) is 6.45. The van der Waals surface area contributed by atoms with Gasteiger partial charge in [-0.3, -0.25) is 0 Å². The Labute approximate surface area is 129 Å². The zero-order valence-corrected chi connectivity index (χ0v) is 13.2. The summed E-state index contributed by atoms with van der Waals surface area (Å²) in [6.45, 7) is 2.06. The minimum Gasteiger partial charge on any atom is -0.383 e. The van der Waals surface area contributed by atoms with Crippen LogP contribution in [0.4, 0.5) is 5.82 Å². The lowest BCUT2D eigenvalue weighted by Crippen LogP contribution is -1.99. The molecule has 0 amide bonds. The van der Waals surface area contributed by atoms with Crippen LogP contribution < -0.4 is 5.73 Å². The third-order valence-electron chi connectivity index (χ3n) is 2.88. The number of hydrogen-bond donors (Lipinski definition) is 1. The van der Waals surface area contributed by atoms with E-state index in [0.717, 1.165) is 20.6 Å². The number of aromatic nitrogens is 2. The molecule has 3 aromatic rings. The van der Waals surface area contributed by atoms with Crippen LogP contribution in [0.5, 0.6) is 0 Å². The summed E-state index contributed by atoms with van der Waals surface area (Å²) in [4.78, 5) is 11.3. The van der Waals surface area contributed by atoms with E-state index < -0.39 is 0 Å². The Kier molecular flexibility index (Phi) is 3.54. The maximum Gasteiger partial charge on any atom is 0.172 e. The second-order valence-electron chi connectivity index (χ2n) is 4.37. The van der Waals surface area contributed by atoms with E-state index in [4.69, 9.17) is 5.73 Å². The van der Waals surface area contributed by atoms with Gasteiger partial charge in [0, 0.05) is 10.4 Å². The normalized spacial score (nSPS) is 10.7. The molecule has 0 aliphatic heterocycles. The van der Waals surface area contributed by atoms with E-state index in [1.165, 1.54) is 4.88 Å². The molecule has 0 aliphatic rings. The Morgan fingerprint density at radius 3 is 2.45 bits per heavy atom. The molecule has 0 fully saturated rings. The SMILES string of the molecule is Cc1ccc(-c2nc(N)c(Br)c(-c3ccccc3)n2)s1. The lowest BCUT2D eigenvalue weighted by Gasteiger charge is -2.08. The summed E-state index contributed by atoms with van der Waals surface area (Å²) in [5.74, 6) is 1.13. The quantitative estimate of drug-likeness (QED) is 0.742. The number of nitrogens with zero attached hydrogens (tertiary/aromatic N) is 2. The fourth-order valence-corrected chi connectivity index (χ4v) is 3.12. The molecule has 2 aromatic heterocycles. The van der Waals surface area contributed by atoms with Gasteiger partial charge in [-0.2, -0.15) is 0 Å². The summed E-state index contributed by atoms with van der Waals surface area (Å²) in [5, 5.41) is 0. The van der Waals surface area contributed by atoms with E-state index >= 15 is 0 Å². The number of halogens is 1. The molecule has 2 N–H and O–H groups in total. The van der Waals surface area contributed by atoms with Gasteiger partial charge in [0.05, 0.1) is 15.0 Å². The van der Waals surface area contributed by atoms with Crippen LogP contribution >= 0.6 is 27.3 Å². The van der Waals surface area contributed by atoms with E-state index in [1.54, 1.807) is 11.3 Å². The van der Waals surface area contributed by atoms with Crippen molar-refractivity contribution in [3.05, 3.63) is 51.8 Å². The number of hydrogen-bond acceptors (Lipinski definition) is 4. The Hall–Kier alpha value is -1.72. The predicted molar refractivity (Wildman–Crippen MR) is 87.6 cm³/mol. The third kappa shape index (κ3) is 2.46. The Morgan fingerprint density at radius 2 is 1.80 bits per heavy atom. The highest BCUT2D eigenvalue weighted by Gasteiger charge is 2.13. The molecule has 1 aromatic carbocycles. The van der Waals surface area contributed by atoms with E-state index in [0.29, 0.717) is 11.6 Å². The molecule has 20 heavy (non-hydrogen) atoms. The first kappa shape index (κ1) is 13.3. The monoisotopic (exact) mass is 345 g/mol. The highest BCUT2D eigenvalue weighted by molar-refractivity contribution is 9.10. The van der Waals surface area contributed by atoms with Crippen LogP contribution in [0.15, 0.2) is 46.9 Å². The van der Waals surface area contributed by atoms with Crippen LogP contribution in [-0.4, -0.2) is 9.97 Å². The summed E-state index contributed by atoms with van der Waals surface area (Å²) in [6, 6.07) is 14.0. The van der Waals surface area contributed by atoms with Gasteiger partial charge in [-0.05, 0) is 35.0 Å². The maximum atomic E-state index is 6.01. The molecule has 0 aliphatic carbocycles. The second kappa shape index (κ2) is 5.34. The van der Waals surface area contributed by atoms with Gasteiger partial charge in [-0.1, -0.05) is 30.3 Å². The molecule has 0 unspecified atom stereocenters. The summed E-state index contributed by atoms with van der Waals surface area (Å²) in [7, 11) is 0. The molecular weight excluding hydrogens is 334 g/mol. The molecular formula is C15H12BrN3S. The van der Waals surface area contributed by atoms with Gasteiger partial charge < -0.3 is 5.73 Å². The van der Waals surface area contributed by atoms with Crippen molar-refractivity contribution in [3.8, 4) is 22.0 Å². The largest absolute Gasteiger partial charge is 0.383 e. The van der Waals surface area contributed by atoms with Gasteiger partial charge in [-0.25, -0.2) is 9.97 Å². The van der Waals surface area contributed by atoms with Crippen LogP contribution in [0.3, 0.4) is 0 Å². The number of nitrogen functional groups attached to an aromatic ring is 1. The molecule has 0 saturated heterocycles. The van der Waals surface area contributed by atoms with E-state index in [1.807, 2.05) is 36.4 Å². The van der Waals surface area contributed by atoms with Gasteiger partial charge in [-0.15, -0.1) is 11.3 Å². The van der Waals surface area contributed by atoms with E-state index in [-0.39, 0.29) is 0 Å². The smallest absolute Gasteiger partial charge is 0.172 e. The first-order valence-electron chi connectivity index (χ1n) is 6.10. The van der Waals surface area contributed by atoms with Gasteiger partial charge >= 0.3 is 0 Å². The van der Waals surface area contributed by atoms with Crippen molar-refractivity contribution in [2.45, 2.75) is 6.92 Å². The summed E-state index contributed by atoms with van der Waals surface area (Å²) in [5.41, 5.74) is 7.84. The van der Waals surface area contributed by atoms with E-state index in [9.17, 15) is 0 Å². The number of rotatable bonds is 2. The highest BCUT2D eigenvalue weighted by atomic mass is 79.9. The van der Waals surface area contributed by atoms with Crippen LogP contribution in [0.25, 0.3) is 22.0 Å². The fourth-order valence-electron chi connectivity index (χ4n) is 1.92. The van der Waals surface area contributed by atoms with Gasteiger partial charge in [0.1, 0.15) is 5.82 Å². The van der Waals surface area contributed by atoms with E-state index in [2.05, 4.69) is 38.9 Å². The summed E-state index contributed by atoms with van der Waals surface area (Å²) in [6.07, 6.45) is 0. The topological polar surface area (TPSA) is 51.8 Å². The van der Waals surface area contributed by atoms with Crippen LogP contribution in [0.2, 0.25) is 0 Å². The molecule has 0 bridgehead atoms. The van der Waals surface area contributed by atoms with Crippen LogP contribution in [0, 0.1) is 6.92 Å². The molecule has 5 heteroatoms. The summed E-state index contributed by atoms with van der Waals surface area (Å²) >= 11 is 5.15. The molecule has 0 radical (unpaired) electrons. The zero-order chi connectivity index (χ0) is 14.1. The first-order valence-corrected chi connectivity index (χ1v) is 7.71. The summed E-state index contributed by atoms with van der Waals surface area (Å²) < 4.78 is 0.737. The average Bonchev–Trinajstić information content (AvgIpc) is 2.89. The van der Waals surface area contributed by atoms with Crippen molar-refractivity contribution in [2.75, 3.05) is 5.73 Å². The number of nitrogens with two attached hydrogens (primary N) is 1. The van der Waals surface area contributed by atoms with Crippen molar-refractivity contribution < 1.29 is 0 Å². The molecule has 3 nitrogen and oxygen atoms in total. The number of benzene rings is 1. The number of anilines is 1. The standard InChI is InChI=1S/C15H12BrN3S/c1-9-7-8-11(20-9)15-18-13(12(16)14(17)19-15)10-5-3-2-4-6-10/h2-8H,1H3,(H2,17,18,19). The molecule has 100 valence electrons. The zero-order valence-electron chi connectivity index (χ0n) is 10.8. The molecule has 3 rings (SSSR count). The van der Waals surface area contributed by atoms with Gasteiger partial charge in [0.25, 0.3) is 0 Å². The molecule has 0 saturated carbocycles. The predicted octanol–water partition coefficient (Wildman–Crippen LogP) is 4.53. The Morgan fingerprint density at radius 1 is 1.05 bits per heavy atom. The maximum absolute atomic E-state index is 6.01. The lowest BCUT2D eigenvalue weighted by atomic mass is 10.1. The fraction of sp³-hybridized carbons (Fsp3) is 0.0667. The molecule has 2 heterocycles. The molecule has 0 atom stereocenters. The van der Waals surface area contributed by atoms with Crippen LogP contribution in [-0.2, 0) is 0 Å². The van der Waals surface area contributed by atoms with Crippen molar-refractivity contribution in [1.82, 2.24) is 9.97 Å². The number of thiophene rings is 1. The Bertz CT molecular complexity index is 753. The van der Waals surface area contributed by atoms with Crippen LogP contribution in [0.1, 0.15) is 4.88 Å². The Balaban J connectivity index is 2.18. The third-order valence-corrected chi connectivity index (χ3v) is 4.66. The lowest BCUT2D eigenvalue weighted by molar-refractivity contribution is 1.18. The van der Waals surface area contributed by atoms with Crippen molar-refractivity contribution >= 4 is 33.1 Å². The molecule has 0 spiro atoms. The van der Waals surface area contributed by atoms with Crippen molar-refractivity contribution in [1.29, 1.82) is 0 Å². The van der Waals surface area contributed by atoms with Crippen molar-refractivity contribution in [3.63, 3.8) is 0 Å². The highest BCUT2D eigenvalue weighted by Crippen LogP contribution is 2.33.